The fraction of sp³-hybridized carbons (Fsp3) is 0.294. The first-order valence-corrected chi connectivity index (χ1v) is 8.14. The molecule has 1 amide bonds. The molecule has 0 spiro atoms. The van der Waals surface area contributed by atoms with Crippen LogP contribution in [0.5, 0.6) is 0 Å². The van der Waals surface area contributed by atoms with Gasteiger partial charge in [-0.15, -0.1) is 11.3 Å². The summed E-state index contributed by atoms with van der Waals surface area (Å²) >= 11 is 1.34. The van der Waals surface area contributed by atoms with Gasteiger partial charge in [-0.25, -0.2) is 4.79 Å². The molecule has 1 aliphatic rings. The number of primary amides is 1. The van der Waals surface area contributed by atoms with Crippen molar-refractivity contribution in [3.05, 3.63) is 56.8 Å². The van der Waals surface area contributed by atoms with E-state index < -0.39 is 11.9 Å². The number of thiophene rings is 1. The molecule has 0 bridgehead atoms. The quantitative estimate of drug-likeness (QED) is 0.882. The fourth-order valence-electron chi connectivity index (χ4n) is 2.75. The molecule has 4 nitrogen and oxygen atoms in total. The number of amides is 1. The lowest BCUT2D eigenvalue weighted by atomic mass is 9.95. The maximum Gasteiger partial charge on any atom is 0.340 e. The maximum atomic E-state index is 12.5. The zero-order valence-corrected chi connectivity index (χ0v) is 12.9. The van der Waals surface area contributed by atoms with Crippen LogP contribution in [-0.2, 0) is 24.2 Å². The van der Waals surface area contributed by atoms with Crippen molar-refractivity contribution < 1.29 is 14.3 Å². The van der Waals surface area contributed by atoms with Crippen molar-refractivity contribution in [2.24, 2.45) is 5.73 Å². The Morgan fingerprint density at radius 1 is 1.14 bits per heavy atom. The van der Waals surface area contributed by atoms with E-state index in [1.807, 2.05) is 30.3 Å². The molecule has 0 atom stereocenters. The van der Waals surface area contributed by atoms with Crippen LogP contribution in [0.1, 0.15) is 48.9 Å². The smallest absolute Gasteiger partial charge is 0.340 e. The van der Waals surface area contributed by atoms with Crippen molar-refractivity contribution in [2.75, 3.05) is 0 Å². The van der Waals surface area contributed by atoms with Gasteiger partial charge in [0.25, 0.3) is 5.91 Å². The highest BCUT2D eigenvalue weighted by atomic mass is 32.1. The molecule has 1 aromatic heterocycles. The number of hydrogen-bond donors (Lipinski definition) is 1. The number of carbonyl (C=O) groups excluding carboxylic acids is 2. The Morgan fingerprint density at radius 2 is 1.86 bits per heavy atom. The highest BCUT2D eigenvalue weighted by Crippen LogP contribution is 2.34. The van der Waals surface area contributed by atoms with Crippen LogP contribution in [0.25, 0.3) is 0 Å². The lowest BCUT2D eigenvalue weighted by molar-refractivity contribution is 0.0469. The van der Waals surface area contributed by atoms with E-state index in [0.29, 0.717) is 10.4 Å². The van der Waals surface area contributed by atoms with Crippen LogP contribution in [0.2, 0.25) is 0 Å². The Hall–Kier alpha value is -2.14. The second-order valence-electron chi connectivity index (χ2n) is 5.34. The highest BCUT2D eigenvalue weighted by molar-refractivity contribution is 7.14. The molecule has 0 unspecified atom stereocenters. The number of esters is 1. The average Bonchev–Trinajstić information content (AvgIpc) is 2.93. The van der Waals surface area contributed by atoms with Gasteiger partial charge in [-0.3, -0.25) is 4.79 Å². The summed E-state index contributed by atoms with van der Waals surface area (Å²) in [6.45, 7) is 0.197. The van der Waals surface area contributed by atoms with Crippen molar-refractivity contribution in [2.45, 2.75) is 32.3 Å². The molecule has 5 heteroatoms. The summed E-state index contributed by atoms with van der Waals surface area (Å²) in [7, 11) is 0. The van der Waals surface area contributed by atoms with Crippen LogP contribution in [-0.4, -0.2) is 11.9 Å². The van der Waals surface area contributed by atoms with Crippen molar-refractivity contribution in [1.29, 1.82) is 0 Å². The molecule has 0 radical (unpaired) electrons. The van der Waals surface area contributed by atoms with Crippen molar-refractivity contribution in [3.63, 3.8) is 0 Å². The van der Waals surface area contributed by atoms with Gasteiger partial charge in [-0.2, -0.15) is 0 Å². The lowest BCUT2D eigenvalue weighted by Gasteiger charge is -2.12. The number of carbonyl (C=O) groups is 2. The first kappa shape index (κ1) is 14.8. The molecular formula is C17H17NO3S. The third kappa shape index (κ3) is 2.90. The van der Waals surface area contributed by atoms with Crippen molar-refractivity contribution >= 4 is 23.2 Å². The van der Waals surface area contributed by atoms with Crippen LogP contribution >= 0.6 is 11.3 Å². The van der Waals surface area contributed by atoms with Crippen molar-refractivity contribution in [1.82, 2.24) is 0 Å². The van der Waals surface area contributed by atoms with Gasteiger partial charge in [-0.1, -0.05) is 30.3 Å². The third-order valence-corrected chi connectivity index (χ3v) is 5.12. The molecule has 2 aromatic rings. The largest absolute Gasteiger partial charge is 0.457 e. The van der Waals surface area contributed by atoms with E-state index in [1.54, 1.807) is 0 Å². The average molecular weight is 315 g/mol. The Kier molecular flexibility index (Phi) is 4.24. The van der Waals surface area contributed by atoms with Crippen LogP contribution < -0.4 is 5.73 Å². The summed E-state index contributed by atoms with van der Waals surface area (Å²) < 4.78 is 5.39. The second-order valence-corrected chi connectivity index (χ2v) is 6.45. The van der Waals surface area contributed by atoms with E-state index in [-0.39, 0.29) is 6.61 Å². The monoisotopic (exact) mass is 315 g/mol. The van der Waals surface area contributed by atoms with Gasteiger partial charge in [0.05, 0.1) is 5.56 Å². The van der Waals surface area contributed by atoms with E-state index in [9.17, 15) is 9.59 Å². The molecule has 0 fully saturated rings. The van der Waals surface area contributed by atoms with Crippen LogP contribution in [0.15, 0.2) is 30.3 Å². The van der Waals surface area contributed by atoms with Crippen LogP contribution in [0, 0.1) is 0 Å². The number of hydrogen-bond acceptors (Lipinski definition) is 4. The minimum atomic E-state index is -0.550. The number of aryl methyl sites for hydroxylation is 1. The van der Waals surface area contributed by atoms with Gasteiger partial charge in [-0.05, 0) is 36.8 Å². The van der Waals surface area contributed by atoms with E-state index >= 15 is 0 Å². The lowest BCUT2D eigenvalue weighted by Crippen LogP contribution is -2.17. The Bertz CT molecular complexity index is 706. The molecule has 3 rings (SSSR count). The molecule has 0 saturated heterocycles. The van der Waals surface area contributed by atoms with Gasteiger partial charge >= 0.3 is 5.97 Å². The standard InChI is InChI=1S/C17H17NO3S/c18-16(19)15-14(12-8-4-5-9-13(12)22-15)17(20)21-10-11-6-2-1-3-7-11/h1-3,6-7H,4-5,8-10H2,(H2,18,19). The number of rotatable bonds is 4. The van der Waals surface area contributed by atoms with Gasteiger partial charge in [0.1, 0.15) is 11.5 Å². The Labute approximate surface area is 132 Å². The van der Waals surface area contributed by atoms with Crippen LogP contribution in [0.4, 0.5) is 0 Å². The highest BCUT2D eigenvalue weighted by Gasteiger charge is 2.28. The first-order valence-electron chi connectivity index (χ1n) is 7.32. The van der Waals surface area contributed by atoms with E-state index in [4.69, 9.17) is 10.5 Å². The predicted molar refractivity (Wildman–Crippen MR) is 85.0 cm³/mol. The molecular weight excluding hydrogens is 298 g/mol. The molecule has 1 heterocycles. The predicted octanol–water partition coefficient (Wildman–Crippen LogP) is 3.08. The maximum absolute atomic E-state index is 12.5. The number of benzene rings is 1. The zero-order chi connectivity index (χ0) is 15.5. The SMILES string of the molecule is NC(=O)c1sc2c(c1C(=O)OCc1ccccc1)CCCC2. The van der Waals surface area contributed by atoms with E-state index in [0.717, 1.165) is 41.7 Å². The van der Waals surface area contributed by atoms with Gasteiger partial charge in [0.15, 0.2) is 0 Å². The van der Waals surface area contributed by atoms with E-state index in [2.05, 4.69) is 0 Å². The molecule has 2 N–H and O–H groups in total. The molecule has 1 aromatic carbocycles. The minimum absolute atomic E-state index is 0.197. The molecule has 0 saturated carbocycles. The van der Waals surface area contributed by atoms with Crippen molar-refractivity contribution in [3.8, 4) is 0 Å². The molecule has 114 valence electrons. The summed E-state index contributed by atoms with van der Waals surface area (Å²) in [6.07, 6.45) is 3.84. The minimum Gasteiger partial charge on any atom is -0.457 e. The summed E-state index contributed by atoms with van der Waals surface area (Å²) in [5.74, 6) is -0.997. The summed E-state index contributed by atoms with van der Waals surface area (Å²) in [4.78, 5) is 25.5. The first-order chi connectivity index (χ1) is 10.7. The van der Waals surface area contributed by atoms with E-state index in [1.165, 1.54) is 11.3 Å². The fourth-order valence-corrected chi connectivity index (χ4v) is 3.98. The normalized spacial score (nSPS) is 13.5. The van der Waals surface area contributed by atoms with Gasteiger partial charge < -0.3 is 10.5 Å². The topological polar surface area (TPSA) is 69.4 Å². The summed E-state index contributed by atoms with van der Waals surface area (Å²) in [5.41, 5.74) is 7.71. The Balaban J connectivity index is 1.85. The molecule has 22 heavy (non-hydrogen) atoms. The van der Waals surface area contributed by atoms with Gasteiger partial charge in [0, 0.05) is 4.88 Å². The molecule has 0 aliphatic heterocycles. The number of ether oxygens (including phenoxy) is 1. The molecule has 1 aliphatic carbocycles. The zero-order valence-electron chi connectivity index (χ0n) is 12.1. The van der Waals surface area contributed by atoms with Gasteiger partial charge in [0.2, 0.25) is 0 Å². The number of nitrogens with two attached hydrogens (primary N) is 1. The third-order valence-electron chi connectivity index (χ3n) is 3.81. The summed E-state index contributed by atoms with van der Waals surface area (Å²) in [5, 5.41) is 0. The summed E-state index contributed by atoms with van der Waals surface area (Å²) in [6, 6.07) is 9.48. The van der Waals surface area contributed by atoms with Crippen LogP contribution in [0.3, 0.4) is 0 Å². The number of fused-ring (bicyclic) bond motifs is 1. The Morgan fingerprint density at radius 3 is 2.59 bits per heavy atom. The second kappa shape index (κ2) is 6.32.